The normalized spacial score (nSPS) is 10.8. The highest BCUT2D eigenvalue weighted by Crippen LogP contribution is 2.25. The molecule has 2 heterocycles. The van der Waals surface area contributed by atoms with E-state index < -0.39 is 5.91 Å². The molecule has 0 aliphatic rings. The fourth-order valence-electron chi connectivity index (χ4n) is 3.21. The highest BCUT2D eigenvalue weighted by atomic mass is 16.5. The maximum absolute atomic E-state index is 12.6. The van der Waals surface area contributed by atoms with Gasteiger partial charge in [-0.2, -0.15) is 0 Å². The molecule has 0 atom stereocenters. The third-order valence-electron chi connectivity index (χ3n) is 4.87. The predicted molar refractivity (Wildman–Crippen MR) is 121 cm³/mol. The number of benzene rings is 2. The lowest BCUT2D eigenvalue weighted by molar-refractivity contribution is 0.102. The van der Waals surface area contributed by atoms with Gasteiger partial charge in [0.15, 0.2) is 11.5 Å². The summed E-state index contributed by atoms with van der Waals surface area (Å²) in [5.74, 6) is 1.63. The van der Waals surface area contributed by atoms with E-state index in [0.717, 1.165) is 16.9 Å². The van der Waals surface area contributed by atoms with E-state index in [4.69, 9.17) is 14.9 Å². The zero-order valence-electron chi connectivity index (χ0n) is 18.1. The minimum Gasteiger partial charge on any atom is -0.494 e. The quantitative estimate of drug-likeness (QED) is 0.455. The second-order valence-electron chi connectivity index (χ2n) is 7.28. The number of hydrogen-bond acceptors (Lipinski definition) is 7. The van der Waals surface area contributed by atoms with Crippen LogP contribution in [0.4, 0.5) is 11.5 Å². The van der Waals surface area contributed by atoms with Crippen LogP contribution in [0.1, 0.15) is 34.4 Å². The molecule has 0 spiro atoms. The van der Waals surface area contributed by atoms with Gasteiger partial charge in [0.05, 0.1) is 13.2 Å². The van der Waals surface area contributed by atoms with E-state index in [2.05, 4.69) is 20.6 Å². The Kier molecular flexibility index (Phi) is 5.89. The standard InChI is InChI=1S/C23H24N6O3/c1-4-31-18-10-8-16(9-11-18)23-26-19(15(3)32-23)13-29-21(24)20(27-28-29)22(30)25-17-7-5-6-14(2)12-17/h5-12H,4,13,24H2,1-3H3,(H,25,30). The first-order valence-corrected chi connectivity index (χ1v) is 10.2. The van der Waals surface area contributed by atoms with Crippen molar-refractivity contribution in [2.24, 2.45) is 0 Å². The molecule has 0 aliphatic carbocycles. The van der Waals surface area contributed by atoms with Crippen LogP contribution in [-0.2, 0) is 6.54 Å². The Morgan fingerprint density at radius 1 is 1.19 bits per heavy atom. The van der Waals surface area contributed by atoms with Crippen LogP contribution >= 0.6 is 0 Å². The lowest BCUT2D eigenvalue weighted by Crippen LogP contribution is -2.15. The van der Waals surface area contributed by atoms with E-state index in [0.29, 0.717) is 29.6 Å². The van der Waals surface area contributed by atoms with Crippen LogP contribution in [0, 0.1) is 13.8 Å². The first kappa shape index (κ1) is 21.1. The van der Waals surface area contributed by atoms with E-state index in [1.807, 2.05) is 63.2 Å². The minimum absolute atomic E-state index is 0.0550. The molecule has 9 heteroatoms. The Balaban J connectivity index is 1.50. The molecule has 32 heavy (non-hydrogen) atoms. The number of carbonyl (C=O) groups excluding carboxylic acids is 1. The average Bonchev–Trinajstić information content (AvgIpc) is 3.32. The van der Waals surface area contributed by atoms with Gasteiger partial charge in [-0.1, -0.05) is 17.3 Å². The first-order valence-electron chi connectivity index (χ1n) is 10.2. The van der Waals surface area contributed by atoms with Crippen molar-refractivity contribution in [2.45, 2.75) is 27.3 Å². The van der Waals surface area contributed by atoms with E-state index in [-0.39, 0.29) is 18.1 Å². The summed E-state index contributed by atoms with van der Waals surface area (Å²) in [4.78, 5) is 17.2. The maximum Gasteiger partial charge on any atom is 0.280 e. The molecule has 0 unspecified atom stereocenters. The molecule has 2 aromatic heterocycles. The van der Waals surface area contributed by atoms with Crippen LogP contribution in [0.3, 0.4) is 0 Å². The van der Waals surface area contributed by atoms with Crippen molar-refractivity contribution >= 4 is 17.4 Å². The molecule has 164 valence electrons. The smallest absolute Gasteiger partial charge is 0.280 e. The summed E-state index contributed by atoms with van der Waals surface area (Å²) in [7, 11) is 0. The van der Waals surface area contributed by atoms with Crippen molar-refractivity contribution in [3.05, 3.63) is 71.2 Å². The van der Waals surface area contributed by atoms with Crippen LogP contribution in [-0.4, -0.2) is 32.5 Å². The lowest BCUT2D eigenvalue weighted by atomic mass is 10.2. The summed E-state index contributed by atoms with van der Waals surface area (Å²) in [6.07, 6.45) is 0. The summed E-state index contributed by atoms with van der Waals surface area (Å²) in [6.45, 7) is 6.53. The average molecular weight is 432 g/mol. The monoisotopic (exact) mass is 432 g/mol. The number of nitrogen functional groups attached to an aromatic ring is 1. The van der Waals surface area contributed by atoms with Gasteiger partial charge in [0, 0.05) is 11.3 Å². The van der Waals surface area contributed by atoms with Crippen LogP contribution in [0.5, 0.6) is 5.75 Å². The van der Waals surface area contributed by atoms with Gasteiger partial charge in [0.1, 0.15) is 17.2 Å². The SMILES string of the molecule is CCOc1ccc(-c2nc(Cn3nnc(C(=O)Nc4cccc(C)c4)c3N)c(C)o2)cc1. The van der Waals surface area contributed by atoms with Gasteiger partial charge >= 0.3 is 0 Å². The molecule has 2 aromatic carbocycles. The van der Waals surface area contributed by atoms with Crippen molar-refractivity contribution in [3.63, 3.8) is 0 Å². The molecule has 9 nitrogen and oxygen atoms in total. The summed E-state index contributed by atoms with van der Waals surface area (Å²) in [5.41, 5.74) is 9.38. The Morgan fingerprint density at radius 3 is 2.69 bits per heavy atom. The van der Waals surface area contributed by atoms with Gasteiger partial charge in [-0.25, -0.2) is 9.67 Å². The number of rotatable bonds is 7. The highest BCUT2D eigenvalue weighted by Gasteiger charge is 2.20. The summed E-state index contributed by atoms with van der Waals surface area (Å²) >= 11 is 0. The van der Waals surface area contributed by atoms with Crippen molar-refractivity contribution < 1.29 is 13.9 Å². The second kappa shape index (κ2) is 8.93. The van der Waals surface area contributed by atoms with Crippen LogP contribution < -0.4 is 15.8 Å². The van der Waals surface area contributed by atoms with Gasteiger partial charge < -0.3 is 20.2 Å². The highest BCUT2D eigenvalue weighted by molar-refractivity contribution is 6.05. The molecule has 0 aliphatic heterocycles. The third-order valence-corrected chi connectivity index (χ3v) is 4.87. The number of oxazole rings is 1. The van der Waals surface area contributed by atoms with Crippen molar-refractivity contribution in [1.82, 2.24) is 20.0 Å². The van der Waals surface area contributed by atoms with Gasteiger partial charge in [-0.15, -0.1) is 5.10 Å². The molecule has 0 saturated carbocycles. The van der Waals surface area contributed by atoms with Gasteiger partial charge in [-0.3, -0.25) is 4.79 Å². The fourth-order valence-corrected chi connectivity index (χ4v) is 3.21. The van der Waals surface area contributed by atoms with Gasteiger partial charge in [-0.05, 0) is 62.7 Å². The largest absolute Gasteiger partial charge is 0.494 e. The van der Waals surface area contributed by atoms with Crippen LogP contribution in [0.2, 0.25) is 0 Å². The zero-order chi connectivity index (χ0) is 22.7. The van der Waals surface area contributed by atoms with E-state index >= 15 is 0 Å². The molecule has 4 rings (SSSR count). The lowest BCUT2D eigenvalue weighted by Gasteiger charge is -2.05. The number of nitrogens with one attached hydrogen (secondary N) is 1. The number of anilines is 2. The number of aromatic nitrogens is 4. The summed E-state index contributed by atoms with van der Waals surface area (Å²) < 4.78 is 12.7. The van der Waals surface area contributed by atoms with Crippen molar-refractivity contribution in [2.75, 3.05) is 17.7 Å². The number of nitrogens with zero attached hydrogens (tertiary/aromatic N) is 4. The molecular formula is C23H24N6O3. The molecule has 0 bridgehead atoms. The predicted octanol–water partition coefficient (Wildman–Crippen LogP) is 3.83. The second-order valence-corrected chi connectivity index (χ2v) is 7.28. The van der Waals surface area contributed by atoms with Crippen LogP contribution in [0.15, 0.2) is 52.9 Å². The van der Waals surface area contributed by atoms with Crippen LogP contribution in [0.25, 0.3) is 11.5 Å². The molecule has 0 radical (unpaired) electrons. The van der Waals surface area contributed by atoms with Gasteiger partial charge in [0.2, 0.25) is 5.89 Å². The number of amides is 1. The molecule has 4 aromatic rings. The molecule has 3 N–H and O–H groups in total. The molecule has 1 amide bonds. The Bertz CT molecular complexity index is 1240. The molecule has 0 fully saturated rings. The van der Waals surface area contributed by atoms with Gasteiger partial charge in [0.25, 0.3) is 5.91 Å². The maximum atomic E-state index is 12.6. The summed E-state index contributed by atoms with van der Waals surface area (Å²) in [5, 5.41) is 10.8. The number of carbonyl (C=O) groups is 1. The van der Waals surface area contributed by atoms with E-state index in [1.165, 1.54) is 4.68 Å². The van der Waals surface area contributed by atoms with Crippen molar-refractivity contribution in [1.29, 1.82) is 0 Å². The number of hydrogen-bond donors (Lipinski definition) is 2. The summed E-state index contributed by atoms with van der Waals surface area (Å²) in [6, 6.07) is 15.0. The minimum atomic E-state index is -0.425. The number of nitrogens with two attached hydrogens (primary N) is 1. The van der Waals surface area contributed by atoms with Crippen molar-refractivity contribution in [3.8, 4) is 17.2 Å². The fraction of sp³-hybridized carbons (Fsp3) is 0.217. The Labute approximate surface area is 185 Å². The topological polar surface area (TPSA) is 121 Å². The Morgan fingerprint density at radius 2 is 1.97 bits per heavy atom. The Hall–Kier alpha value is -4.14. The molecular weight excluding hydrogens is 408 g/mol. The first-order chi connectivity index (χ1) is 15.4. The van der Waals surface area contributed by atoms with E-state index in [1.54, 1.807) is 6.07 Å². The number of aryl methyl sites for hydroxylation is 2. The third kappa shape index (κ3) is 4.46. The zero-order valence-corrected chi connectivity index (χ0v) is 18.1. The number of ether oxygens (including phenoxy) is 1. The molecule has 0 saturated heterocycles. The van der Waals surface area contributed by atoms with E-state index in [9.17, 15) is 4.79 Å².